The molecule has 3 atom stereocenters. The quantitative estimate of drug-likeness (QED) is 0.781. The molecule has 0 aromatic carbocycles. The van der Waals surface area contributed by atoms with Crippen molar-refractivity contribution in [1.29, 1.82) is 0 Å². The Morgan fingerprint density at radius 1 is 1.24 bits per heavy atom. The van der Waals surface area contributed by atoms with Crippen molar-refractivity contribution >= 4 is 11.9 Å². The fourth-order valence-electron chi connectivity index (χ4n) is 2.85. The molecule has 1 amide bonds. The van der Waals surface area contributed by atoms with Crippen molar-refractivity contribution in [2.45, 2.75) is 34.1 Å². The molecule has 0 aromatic heterocycles. The lowest BCUT2D eigenvalue weighted by Crippen LogP contribution is -2.29. The first-order chi connectivity index (χ1) is 7.68. The summed E-state index contributed by atoms with van der Waals surface area (Å²) < 4.78 is 0. The molecule has 0 aromatic rings. The Labute approximate surface area is 102 Å². The van der Waals surface area contributed by atoms with Crippen LogP contribution in [-0.2, 0) is 9.59 Å². The first-order valence-electron chi connectivity index (χ1n) is 6.18. The number of aliphatic carboxylic acids is 1. The zero-order valence-electron chi connectivity index (χ0n) is 10.9. The van der Waals surface area contributed by atoms with Gasteiger partial charge in [0.1, 0.15) is 0 Å². The topological polar surface area (TPSA) is 66.4 Å². The van der Waals surface area contributed by atoms with Gasteiger partial charge in [0.15, 0.2) is 0 Å². The minimum absolute atomic E-state index is 0.0925. The lowest BCUT2D eigenvalue weighted by Gasteiger charge is -2.07. The Hall–Kier alpha value is -1.06. The predicted molar refractivity (Wildman–Crippen MR) is 63.3 cm³/mol. The molecule has 2 N–H and O–H groups in total. The molecular weight excluding hydrogens is 218 g/mol. The molecule has 0 spiro atoms. The lowest BCUT2D eigenvalue weighted by molar-refractivity contribution is -0.140. The van der Waals surface area contributed by atoms with E-state index in [0.717, 1.165) is 6.42 Å². The molecule has 2 rings (SSSR count). The molecule has 0 saturated heterocycles. The number of carboxylic acid groups (broad SMARTS) is 1. The second-order valence-corrected chi connectivity index (χ2v) is 6.75. The van der Waals surface area contributed by atoms with Crippen molar-refractivity contribution in [3.63, 3.8) is 0 Å². The van der Waals surface area contributed by atoms with E-state index in [-0.39, 0.29) is 11.8 Å². The number of carbonyl (C=O) groups is 2. The van der Waals surface area contributed by atoms with Crippen LogP contribution in [0.15, 0.2) is 0 Å². The fraction of sp³-hybridized carbons (Fsp3) is 0.846. The molecule has 0 radical (unpaired) electrons. The minimum atomic E-state index is -0.859. The van der Waals surface area contributed by atoms with E-state index in [1.165, 1.54) is 0 Å². The second kappa shape index (κ2) is 3.47. The van der Waals surface area contributed by atoms with E-state index >= 15 is 0 Å². The van der Waals surface area contributed by atoms with E-state index in [1.54, 1.807) is 0 Å². The maximum atomic E-state index is 11.9. The van der Waals surface area contributed by atoms with Gasteiger partial charge in [-0.3, -0.25) is 9.59 Å². The van der Waals surface area contributed by atoms with Crippen molar-refractivity contribution in [1.82, 2.24) is 5.32 Å². The molecule has 2 fully saturated rings. The van der Waals surface area contributed by atoms with Crippen LogP contribution < -0.4 is 5.32 Å². The Balaban J connectivity index is 1.84. The zero-order valence-corrected chi connectivity index (χ0v) is 10.9. The maximum Gasteiger partial charge on any atom is 0.307 e. The predicted octanol–water partition coefficient (Wildman–Crippen LogP) is 1.51. The van der Waals surface area contributed by atoms with Crippen molar-refractivity contribution in [2.75, 3.05) is 6.54 Å². The Bertz CT molecular complexity index is 373. The van der Waals surface area contributed by atoms with E-state index in [0.29, 0.717) is 17.9 Å². The van der Waals surface area contributed by atoms with Crippen LogP contribution in [0.4, 0.5) is 0 Å². The minimum Gasteiger partial charge on any atom is -0.481 e. The number of hydrogen-bond acceptors (Lipinski definition) is 2. The standard InChI is InChI=1S/C13H21NO3/c1-12(2)5-7(12)6-14-10(15)8-9(11(16)17)13(8,3)4/h7-9H,5-6H2,1-4H3,(H,14,15)(H,16,17). The normalized spacial score (nSPS) is 36.1. The molecule has 0 bridgehead atoms. The van der Waals surface area contributed by atoms with Gasteiger partial charge in [-0.25, -0.2) is 0 Å². The summed E-state index contributed by atoms with van der Waals surface area (Å²) in [6, 6.07) is 0. The highest BCUT2D eigenvalue weighted by atomic mass is 16.4. The summed E-state index contributed by atoms with van der Waals surface area (Å²) in [5.74, 6) is -1.28. The van der Waals surface area contributed by atoms with Crippen molar-refractivity contribution < 1.29 is 14.7 Å². The van der Waals surface area contributed by atoms with E-state index in [9.17, 15) is 9.59 Å². The summed E-state index contributed by atoms with van der Waals surface area (Å²) >= 11 is 0. The molecule has 2 saturated carbocycles. The smallest absolute Gasteiger partial charge is 0.307 e. The van der Waals surface area contributed by atoms with E-state index in [4.69, 9.17) is 5.11 Å². The number of carbonyl (C=O) groups excluding carboxylic acids is 1. The summed E-state index contributed by atoms with van der Waals surface area (Å²) in [6.07, 6.45) is 1.14. The Morgan fingerprint density at radius 2 is 1.76 bits per heavy atom. The largest absolute Gasteiger partial charge is 0.481 e. The monoisotopic (exact) mass is 239 g/mol. The molecule has 0 heterocycles. The van der Waals surface area contributed by atoms with Crippen molar-refractivity contribution in [2.24, 2.45) is 28.6 Å². The SMILES string of the molecule is CC1(C)CC1CNC(=O)C1C(C(=O)O)C1(C)C. The lowest BCUT2D eigenvalue weighted by atomic mass is 10.1. The molecule has 96 valence electrons. The van der Waals surface area contributed by atoms with Gasteiger partial charge in [0.05, 0.1) is 11.8 Å². The third kappa shape index (κ3) is 2.05. The molecule has 2 aliphatic carbocycles. The number of carboxylic acids is 1. The molecule has 3 unspecified atom stereocenters. The third-order valence-electron chi connectivity index (χ3n) is 4.62. The van der Waals surface area contributed by atoms with Crippen LogP contribution in [0.2, 0.25) is 0 Å². The van der Waals surface area contributed by atoms with Gasteiger partial charge in [-0.15, -0.1) is 0 Å². The highest BCUT2D eigenvalue weighted by molar-refractivity contribution is 5.91. The zero-order chi connectivity index (χ0) is 13.0. The van der Waals surface area contributed by atoms with Crippen LogP contribution in [-0.4, -0.2) is 23.5 Å². The van der Waals surface area contributed by atoms with E-state index in [1.807, 2.05) is 13.8 Å². The highest BCUT2D eigenvalue weighted by Gasteiger charge is 2.66. The van der Waals surface area contributed by atoms with Gasteiger partial charge >= 0.3 is 5.97 Å². The third-order valence-corrected chi connectivity index (χ3v) is 4.62. The highest BCUT2D eigenvalue weighted by Crippen LogP contribution is 2.58. The van der Waals surface area contributed by atoms with Gasteiger partial charge in [0.2, 0.25) is 5.91 Å². The van der Waals surface area contributed by atoms with Gasteiger partial charge in [-0.05, 0) is 23.2 Å². The van der Waals surface area contributed by atoms with Gasteiger partial charge < -0.3 is 10.4 Å². The maximum absolute atomic E-state index is 11.9. The summed E-state index contributed by atoms with van der Waals surface area (Å²) in [7, 11) is 0. The van der Waals surface area contributed by atoms with Crippen molar-refractivity contribution in [3.8, 4) is 0 Å². The van der Waals surface area contributed by atoms with Crippen LogP contribution in [0.3, 0.4) is 0 Å². The number of hydrogen-bond donors (Lipinski definition) is 2. The number of rotatable bonds is 4. The molecule has 4 nitrogen and oxygen atoms in total. The second-order valence-electron chi connectivity index (χ2n) is 6.75. The van der Waals surface area contributed by atoms with E-state index < -0.39 is 17.3 Å². The van der Waals surface area contributed by atoms with E-state index in [2.05, 4.69) is 19.2 Å². The molecular formula is C13H21NO3. The first kappa shape index (κ1) is 12.4. The number of nitrogens with one attached hydrogen (secondary N) is 1. The van der Waals surface area contributed by atoms with Crippen LogP contribution >= 0.6 is 0 Å². The Kier molecular flexibility index (Phi) is 2.53. The van der Waals surface area contributed by atoms with Crippen LogP contribution in [0, 0.1) is 28.6 Å². The molecule has 17 heavy (non-hydrogen) atoms. The van der Waals surface area contributed by atoms with Crippen LogP contribution in [0.5, 0.6) is 0 Å². The fourth-order valence-corrected chi connectivity index (χ4v) is 2.85. The first-order valence-corrected chi connectivity index (χ1v) is 6.18. The summed E-state index contributed by atoms with van der Waals surface area (Å²) in [4.78, 5) is 22.9. The summed E-state index contributed by atoms with van der Waals surface area (Å²) in [5.41, 5.74) is -0.0481. The summed E-state index contributed by atoms with van der Waals surface area (Å²) in [5, 5.41) is 11.9. The average Bonchev–Trinajstić information content (AvgIpc) is 2.96. The molecule has 2 aliphatic rings. The van der Waals surface area contributed by atoms with Crippen molar-refractivity contribution in [3.05, 3.63) is 0 Å². The van der Waals surface area contributed by atoms with Gasteiger partial charge in [-0.1, -0.05) is 27.7 Å². The van der Waals surface area contributed by atoms with Crippen LogP contribution in [0.1, 0.15) is 34.1 Å². The van der Waals surface area contributed by atoms with Gasteiger partial charge in [0.25, 0.3) is 0 Å². The Morgan fingerprint density at radius 3 is 2.12 bits per heavy atom. The van der Waals surface area contributed by atoms with Gasteiger partial charge in [0, 0.05) is 6.54 Å². The molecule has 4 heteroatoms. The van der Waals surface area contributed by atoms with Crippen LogP contribution in [0.25, 0.3) is 0 Å². The number of amides is 1. The average molecular weight is 239 g/mol. The summed E-state index contributed by atoms with van der Waals surface area (Å²) in [6.45, 7) is 8.74. The molecule has 0 aliphatic heterocycles. The van der Waals surface area contributed by atoms with Gasteiger partial charge in [-0.2, -0.15) is 0 Å².